The van der Waals surface area contributed by atoms with Gasteiger partial charge in [0.15, 0.2) is 6.17 Å². The Morgan fingerprint density at radius 2 is 2.00 bits per heavy atom. The third-order valence-corrected chi connectivity index (χ3v) is 7.72. The Morgan fingerprint density at radius 1 is 1.25 bits per heavy atom. The molecule has 3 heterocycles. The largest absolute Gasteiger partial charge is 0.388 e. The van der Waals surface area contributed by atoms with E-state index in [0.29, 0.717) is 5.76 Å². The van der Waals surface area contributed by atoms with Gasteiger partial charge in [-0.05, 0) is 43.4 Å². The number of nitrogens with zero attached hydrogens (tertiary/aromatic N) is 3. The Labute approximate surface area is 213 Å². The number of hydrogen-bond acceptors (Lipinski definition) is 7. The van der Waals surface area contributed by atoms with Gasteiger partial charge in [-0.15, -0.1) is 11.3 Å². The van der Waals surface area contributed by atoms with E-state index < -0.39 is 42.1 Å². The highest BCUT2D eigenvalue weighted by atomic mass is 32.1. The molecule has 36 heavy (non-hydrogen) atoms. The molecule has 4 rings (SSSR count). The zero-order valence-electron chi connectivity index (χ0n) is 20.9. The van der Waals surface area contributed by atoms with Crippen molar-refractivity contribution in [3.63, 3.8) is 0 Å². The number of alkyl halides is 1. The number of β-amino-alcohol motifs (C(OH)–C–C–N with tert-alkyl or cyclic N) is 1. The first kappa shape index (κ1) is 26.0. The van der Waals surface area contributed by atoms with Crippen LogP contribution in [-0.4, -0.2) is 56.8 Å². The van der Waals surface area contributed by atoms with Gasteiger partial charge in [0.2, 0.25) is 11.8 Å². The van der Waals surface area contributed by atoms with Crippen LogP contribution in [-0.2, 0) is 9.59 Å². The first-order chi connectivity index (χ1) is 17.1. The molecular formula is C26H31FN4O4S. The molecule has 1 aliphatic rings. The number of likely N-dealkylation sites (tertiary alicyclic amines) is 1. The topological polar surface area (TPSA) is 109 Å². The maximum absolute atomic E-state index is 15.1. The van der Waals surface area contributed by atoms with Crippen molar-refractivity contribution in [2.24, 2.45) is 5.92 Å². The van der Waals surface area contributed by atoms with Crippen molar-refractivity contribution < 1.29 is 23.6 Å². The number of aliphatic hydroxyl groups is 1. The number of aryl methyl sites for hydroxylation is 2. The molecule has 8 nitrogen and oxygen atoms in total. The summed E-state index contributed by atoms with van der Waals surface area (Å²) in [6.45, 7) is 9.12. The lowest BCUT2D eigenvalue weighted by molar-refractivity contribution is -0.142. The van der Waals surface area contributed by atoms with Crippen molar-refractivity contribution in [1.29, 1.82) is 0 Å². The number of halogens is 1. The van der Waals surface area contributed by atoms with Crippen LogP contribution in [0.3, 0.4) is 0 Å². The number of rotatable bonds is 7. The number of carbonyl (C=O) groups excluding carboxylic acids is 2. The van der Waals surface area contributed by atoms with Crippen LogP contribution in [0.4, 0.5) is 4.39 Å². The maximum Gasteiger partial charge on any atom is 0.246 e. The number of thiazole rings is 1. The Morgan fingerprint density at radius 3 is 2.58 bits per heavy atom. The van der Waals surface area contributed by atoms with Gasteiger partial charge in [-0.2, -0.15) is 0 Å². The standard InChI is InChI=1S/C26H31FN4O4S/c1-13(2)21(20-8-9-29-35-20)26(34)31-11-19(32)22(27)23(31)25(33)30-15(4)18-7-6-17(10-14(18)3)24-16(5)28-12-36-24/h6-10,12-13,15,19,21-23,32H,11H2,1-5H3,(H,30,33)/t15-,19-,21+,22-,23-/m0/s1. The molecule has 2 N–H and O–H groups in total. The predicted molar refractivity (Wildman–Crippen MR) is 134 cm³/mol. The van der Waals surface area contributed by atoms with Gasteiger partial charge in [0.1, 0.15) is 23.8 Å². The highest BCUT2D eigenvalue weighted by Crippen LogP contribution is 2.33. The SMILES string of the molecule is Cc1cc(-c2scnc2C)ccc1[C@H](C)NC(=O)[C@@H]1[C@@H](F)[C@@H](O)CN1C(=O)[C@@H](c1ccno1)C(C)C. The number of amides is 2. The molecule has 192 valence electrons. The second kappa shape index (κ2) is 10.5. The summed E-state index contributed by atoms with van der Waals surface area (Å²) in [5.74, 6) is -1.72. The van der Waals surface area contributed by atoms with Gasteiger partial charge in [0, 0.05) is 6.07 Å². The van der Waals surface area contributed by atoms with E-state index in [4.69, 9.17) is 4.52 Å². The number of hydrogen-bond donors (Lipinski definition) is 2. The van der Waals surface area contributed by atoms with Crippen molar-refractivity contribution in [3.05, 3.63) is 58.6 Å². The number of benzene rings is 1. The van der Waals surface area contributed by atoms with Gasteiger partial charge in [-0.3, -0.25) is 9.59 Å². The zero-order valence-corrected chi connectivity index (χ0v) is 21.8. The molecule has 0 radical (unpaired) electrons. The van der Waals surface area contributed by atoms with Crippen LogP contribution < -0.4 is 5.32 Å². The molecule has 2 amide bonds. The van der Waals surface area contributed by atoms with Crippen molar-refractivity contribution >= 4 is 23.2 Å². The highest BCUT2D eigenvalue weighted by Gasteiger charge is 2.50. The molecule has 0 aliphatic carbocycles. The minimum atomic E-state index is -1.90. The van der Waals surface area contributed by atoms with Crippen molar-refractivity contribution in [2.45, 2.75) is 64.9 Å². The minimum absolute atomic E-state index is 0.188. The van der Waals surface area contributed by atoms with Gasteiger partial charge >= 0.3 is 0 Å². The quantitative estimate of drug-likeness (QED) is 0.494. The Balaban J connectivity index is 1.54. The molecular weight excluding hydrogens is 483 g/mol. The molecule has 10 heteroatoms. The molecule has 5 atom stereocenters. The lowest BCUT2D eigenvalue weighted by atomic mass is 9.91. The summed E-state index contributed by atoms with van der Waals surface area (Å²) in [6.07, 6.45) is -1.92. The molecule has 2 aromatic heterocycles. The number of carbonyl (C=O) groups is 2. The molecule has 0 bridgehead atoms. The maximum atomic E-state index is 15.1. The minimum Gasteiger partial charge on any atom is -0.388 e. The van der Waals surface area contributed by atoms with Gasteiger partial charge in [-0.1, -0.05) is 37.2 Å². The molecule has 1 saturated heterocycles. The Hall–Kier alpha value is -3.11. The van der Waals surface area contributed by atoms with Crippen LogP contribution >= 0.6 is 11.3 Å². The molecule has 0 unspecified atom stereocenters. The van der Waals surface area contributed by atoms with E-state index in [1.807, 2.05) is 52.8 Å². The fraction of sp³-hybridized carbons (Fsp3) is 0.462. The molecule has 1 aliphatic heterocycles. The molecule has 3 aromatic rings. The highest BCUT2D eigenvalue weighted by molar-refractivity contribution is 7.13. The van der Waals surface area contributed by atoms with Crippen LogP contribution in [0.5, 0.6) is 0 Å². The van der Waals surface area contributed by atoms with E-state index in [0.717, 1.165) is 32.2 Å². The smallest absolute Gasteiger partial charge is 0.246 e. The number of aromatic nitrogens is 2. The van der Waals surface area contributed by atoms with Crippen LogP contribution in [0, 0.1) is 19.8 Å². The summed E-state index contributed by atoms with van der Waals surface area (Å²) in [7, 11) is 0. The van der Waals surface area contributed by atoms with E-state index in [1.54, 1.807) is 22.9 Å². The summed E-state index contributed by atoms with van der Waals surface area (Å²) < 4.78 is 20.3. The van der Waals surface area contributed by atoms with Gasteiger partial charge in [-0.25, -0.2) is 9.37 Å². The fourth-order valence-corrected chi connectivity index (χ4v) is 5.67. The molecule has 0 saturated carbocycles. The van der Waals surface area contributed by atoms with Gasteiger partial charge in [0.25, 0.3) is 0 Å². The normalized spacial score (nSPS) is 21.6. The van der Waals surface area contributed by atoms with Crippen LogP contribution in [0.2, 0.25) is 0 Å². The average Bonchev–Trinajstić information content (AvgIpc) is 3.55. The Kier molecular flexibility index (Phi) is 7.56. The van der Waals surface area contributed by atoms with Crippen molar-refractivity contribution in [3.8, 4) is 10.4 Å². The number of aliphatic hydroxyl groups excluding tert-OH is 1. The lowest BCUT2D eigenvalue weighted by Crippen LogP contribution is -2.51. The summed E-state index contributed by atoms with van der Waals surface area (Å²) in [5.41, 5.74) is 5.65. The molecule has 0 spiro atoms. The second-order valence-electron chi connectivity index (χ2n) is 9.65. The summed E-state index contributed by atoms with van der Waals surface area (Å²) in [4.78, 5) is 33.3. The third-order valence-electron chi connectivity index (χ3n) is 6.74. The van der Waals surface area contributed by atoms with E-state index in [2.05, 4.69) is 15.5 Å². The summed E-state index contributed by atoms with van der Waals surface area (Å²) >= 11 is 1.57. The van der Waals surface area contributed by atoms with Crippen LogP contribution in [0.25, 0.3) is 10.4 Å². The second-order valence-corrected chi connectivity index (χ2v) is 10.5. The van der Waals surface area contributed by atoms with Crippen molar-refractivity contribution in [2.75, 3.05) is 6.54 Å². The van der Waals surface area contributed by atoms with E-state index >= 15 is 4.39 Å². The van der Waals surface area contributed by atoms with Crippen LogP contribution in [0.15, 0.2) is 40.5 Å². The first-order valence-electron chi connectivity index (χ1n) is 11.9. The molecule has 1 aromatic carbocycles. The average molecular weight is 515 g/mol. The van der Waals surface area contributed by atoms with E-state index in [-0.39, 0.29) is 12.5 Å². The third kappa shape index (κ3) is 4.92. The monoisotopic (exact) mass is 514 g/mol. The van der Waals surface area contributed by atoms with Crippen molar-refractivity contribution in [1.82, 2.24) is 20.4 Å². The van der Waals surface area contributed by atoms with Gasteiger partial charge in [0.05, 0.1) is 34.9 Å². The van der Waals surface area contributed by atoms with E-state index in [9.17, 15) is 14.7 Å². The summed E-state index contributed by atoms with van der Waals surface area (Å²) in [5, 5.41) is 16.8. The lowest BCUT2D eigenvalue weighted by Gasteiger charge is -2.30. The predicted octanol–water partition coefficient (Wildman–Crippen LogP) is 3.94. The summed E-state index contributed by atoms with van der Waals surface area (Å²) in [6, 6.07) is 5.65. The molecule has 1 fully saturated rings. The van der Waals surface area contributed by atoms with Gasteiger partial charge < -0.3 is 19.8 Å². The fourth-order valence-electron chi connectivity index (χ4n) is 4.87. The zero-order chi connectivity index (χ0) is 26.1. The van der Waals surface area contributed by atoms with Crippen LogP contribution in [0.1, 0.15) is 55.3 Å². The number of nitrogens with one attached hydrogen (secondary N) is 1. The Bertz CT molecular complexity index is 1230. The first-order valence-corrected chi connectivity index (χ1v) is 12.8. The van der Waals surface area contributed by atoms with E-state index in [1.165, 1.54) is 6.20 Å².